The van der Waals surface area contributed by atoms with Gasteiger partial charge in [-0.2, -0.15) is 0 Å². The van der Waals surface area contributed by atoms with Gasteiger partial charge in [0.2, 0.25) is 0 Å². The van der Waals surface area contributed by atoms with E-state index in [4.69, 9.17) is 4.74 Å². The summed E-state index contributed by atoms with van der Waals surface area (Å²) in [6, 6.07) is 0. The summed E-state index contributed by atoms with van der Waals surface area (Å²) in [7, 11) is 1.95. The van der Waals surface area contributed by atoms with Crippen LogP contribution in [0.15, 0.2) is 12.5 Å². The molecule has 1 N–H and O–H groups in total. The number of aliphatic hydroxyl groups is 1. The molecule has 1 aliphatic rings. The van der Waals surface area contributed by atoms with Gasteiger partial charge in [-0.3, -0.25) is 0 Å². The highest BCUT2D eigenvalue weighted by atomic mass is 16.5. The molecule has 1 aromatic rings. The van der Waals surface area contributed by atoms with E-state index in [0.29, 0.717) is 0 Å². The molecule has 4 nitrogen and oxygen atoms in total. The van der Waals surface area contributed by atoms with Crippen molar-refractivity contribution in [3.8, 4) is 0 Å². The lowest BCUT2D eigenvalue weighted by molar-refractivity contribution is -0.0493. The summed E-state index contributed by atoms with van der Waals surface area (Å²) >= 11 is 0. The molecule has 0 saturated carbocycles. The van der Waals surface area contributed by atoms with Crippen molar-refractivity contribution in [2.75, 3.05) is 13.2 Å². The van der Waals surface area contributed by atoms with Gasteiger partial charge in [-0.05, 0) is 12.8 Å². The second kappa shape index (κ2) is 4.11. The Hall–Kier alpha value is -0.870. The van der Waals surface area contributed by atoms with Crippen molar-refractivity contribution >= 4 is 0 Å². The quantitative estimate of drug-likeness (QED) is 0.763. The number of hydrogen-bond acceptors (Lipinski definition) is 3. The maximum absolute atomic E-state index is 9.24. The second-order valence-corrected chi connectivity index (χ2v) is 3.81. The van der Waals surface area contributed by atoms with Crippen LogP contribution in [-0.2, 0) is 11.8 Å². The summed E-state index contributed by atoms with van der Waals surface area (Å²) in [6.07, 6.45) is 5.67. The minimum Gasteiger partial charge on any atom is -0.396 e. The second-order valence-electron chi connectivity index (χ2n) is 3.81. The van der Waals surface area contributed by atoms with Crippen molar-refractivity contribution in [3.05, 3.63) is 18.2 Å². The number of aliphatic hydroxyl groups excluding tert-OH is 1. The van der Waals surface area contributed by atoms with Crippen molar-refractivity contribution < 1.29 is 9.84 Å². The largest absolute Gasteiger partial charge is 0.396 e. The molecule has 0 spiro atoms. The summed E-state index contributed by atoms with van der Waals surface area (Å²) in [5.74, 6) is 0.221. The molecule has 0 aliphatic carbocycles. The van der Waals surface area contributed by atoms with Crippen LogP contribution in [0.4, 0.5) is 0 Å². The smallest absolute Gasteiger partial charge is 0.104 e. The number of ether oxygens (including phenoxy) is 1. The SMILES string of the molecule is Cn1cncc1C1OCCCC1CO. The van der Waals surface area contributed by atoms with Crippen molar-refractivity contribution in [1.82, 2.24) is 9.55 Å². The van der Waals surface area contributed by atoms with Crippen LogP contribution in [0.3, 0.4) is 0 Å². The summed E-state index contributed by atoms with van der Waals surface area (Å²) in [4.78, 5) is 4.07. The monoisotopic (exact) mass is 196 g/mol. The van der Waals surface area contributed by atoms with E-state index in [1.165, 1.54) is 0 Å². The van der Waals surface area contributed by atoms with E-state index in [2.05, 4.69) is 4.98 Å². The summed E-state index contributed by atoms with van der Waals surface area (Å²) in [6.45, 7) is 0.974. The van der Waals surface area contributed by atoms with Gasteiger partial charge < -0.3 is 14.4 Å². The lowest BCUT2D eigenvalue weighted by atomic mass is 9.93. The molecule has 1 aliphatic heterocycles. The highest BCUT2D eigenvalue weighted by Gasteiger charge is 2.28. The van der Waals surface area contributed by atoms with E-state index < -0.39 is 0 Å². The zero-order valence-corrected chi connectivity index (χ0v) is 8.39. The first-order chi connectivity index (χ1) is 6.83. The first kappa shape index (κ1) is 9.68. The third-order valence-corrected chi connectivity index (χ3v) is 2.82. The molecule has 2 rings (SSSR count). The van der Waals surface area contributed by atoms with Gasteiger partial charge in [0.25, 0.3) is 0 Å². The average molecular weight is 196 g/mol. The molecule has 2 heterocycles. The van der Waals surface area contributed by atoms with E-state index in [1.54, 1.807) is 6.33 Å². The number of aryl methyl sites for hydroxylation is 1. The standard InChI is InChI=1S/C10H16N2O2/c1-12-7-11-5-9(12)10-8(6-13)3-2-4-14-10/h5,7-8,10,13H,2-4,6H2,1H3. The molecule has 2 atom stereocenters. The molecule has 0 bridgehead atoms. The lowest BCUT2D eigenvalue weighted by Gasteiger charge is -2.30. The predicted octanol–water partition coefficient (Wildman–Crippen LogP) is 0.880. The van der Waals surface area contributed by atoms with Gasteiger partial charge >= 0.3 is 0 Å². The molecule has 4 heteroatoms. The molecule has 1 aromatic heterocycles. The molecule has 0 radical (unpaired) electrons. The number of nitrogens with zero attached hydrogens (tertiary/aromatic N) is 2. The number of rotatable bonds is 2. The van der Waals surface area contributed by atoms with Crippen molar-refractivity contribution in [2.24, 2.45) is 13.0 Å². The van der Waals surface area contributed by atoms with E-state index in [9.17, 15) is 5.11 Å². The number of imidazole rings is 1. The molecule has 1 fully saturated rings. The Bertz CT molecular complexity index is 298. The van der Waals surface area contributed by atoms with Gasteiger partial charge in [0.1, 0.15) is 6.10 Å². The topological polar surface area (TPSA) is 47.3 Å². The molecule has 78 valence electrons. The molecular formula is C10H16N2O2. The molecular weight excluding hydrogens is 180 g/mol. The minimum absolute atomic E-state index is 0.0150. The normalized spacial score (nSPS) is 27.9. The van der Waals surface area contributed by atoms with Crippen LogP contribution in [0.25, 0.3) is 0 Å². The lowest BCUT2D eigenvalue weighted by Crippen LogP contribution is -2.26. The van der Waals surface area contributed by atoms with Gasteiger partial charge in [-0.25, -0.2) is 4.98 Å². The minimum atomic E-state index is 0.0150. The Morgan fingerprint density at radius 1 is 1.71 bits per heavy atom. The van der Waals surface area contributed by atoms with Crippen molar-refractivity contribution in [2.45, 2.75) is 18.9 Å². The van der Waals surface area contributed by atoms with Gasteiger partial charge in [-0.1, -0.05) is 0 Å². The number of hydrogen-bond donors (Lipinski definition) is 1. The third-order valence-electron chi connectivity index (χ3n) is 2.82. The van der Waals surface area contributed by atoms with Crippen LogP contribution in [-0.4, -0.2) is 27.9 Å². The van der Waals surface area contributed by atoms with Crippen LogP contribution in [0, 0.1) is 5.92 Å². The van der Waals surface area contributed by atoms with Crippen LogP contribution in [0.1, 0.15) is 24.6 Å². The van der Waals surface area contributed by atoms with Crippen LogP contribution in [0.2, 0.25) is 0 Å². The van der Waals surface area contributed by atoms with Crippen LogP contribution in [0.5, 0.6) is 0 Å². The fourth-order valence-electron chi connectivity index (χ4n) is 2.00. The maximum Gasteiger partial charge on any atom is 0.104 e. The highest BCUT2D eigenvalue weighted by molar-refractivity contribution is 5.05. The molecule has 2 unspecified atom stereocenters. The molecule has 0 amide bonds. The average Bonchev–Trinajstić information content (AvgIpc) is 2.64. The van der Waals surface area contributed by atoms with E-state index in [-0.39, 0.29) is 18.6 Å². The van der Waals surface area contributed by atoms with E-state index in [0.717, 1.165) is 25.1 Å². The predicted molar refractivity (Wildman–Crippen MR) is 51.7 cm³/mol. The first-order valence-electron chi connectivity index (χ1n) is 5.01. The van der Waals surface area contributed by atoms with Crippen molar-refractivity contribution in [1.29, 1.82) is 0 Å². The number of aromatic nitrogens is 2. The molecule has 14 heavy (non-hydrogen) atoms. The van der Waals surface area contributed by atoms with Gasteiger partial charge in [0, 0.05) is 26.2 Å². The fraction of sp³-hybridized carbons (Fsp3) is 0.700. The van der Waals surface area contributed by atoms with Crippen LogP contribution < -0.4 is 0 Å². The zero-order chi connectivity index (χ0) is 9.97. The summed E-state index contributed by atoms with van der Waals surface area (Å²) < 4.78 is 7.64. The Kier molecular flexibility index (Phi) is 2.84. The Labute approximate surface area is 83.5 Å². The maximum atomic E-state index is 9.24. The Morgan fingerprint density at radius 2 is 2.57 bits per heavy atom. The van der Waals surface area contributed by atoms with Gasteiger partial charge in [-0.15, -0.1) is 0 Å². The van der Waals surface area contributed by atoms with Gasteiger partial charge in [0.05, 0.1) is 18.2 Å². The molecule has 1 saturated heterocycles. The fourth-order valence-corrected chi connectivity index (χ4v) is 2.00. The summed E-state index contributed by atoms with van der Waals surface area (Å²) in [5.41, 5.74) is 1.06. The van der Waals surface area contributed by atoms with Gasteiger partial charge in [0.15, 0.2) is 0 Å². The Morgan fingerprint density at radius 3 is 3.21 bits per heavy atom. The first-order valence-corrected chi connectivity index (χ1v) is 5.01. The molecule has 0 aromatic carbocycles. The summed E-state index contributed by atoms with van der Waals surface area (Å²) in [5, 5.41) is 9.24. The van der Waals surface area contributed by atoms with E-state index in [1.807, 2.05) is 17.8 Å². The highest BCUT2D eigenvalue weighted by Crippen LogP contribution is 2.32. The van der Waals surface area contributed by atoms with Crippen molar-refractivity contribution in [3.63, 3.8) is 0 Å². The zero-order valence-electron chi connectivity index (χ0n) is 8.39. The van der Waals surface area contributed by atoms with Crippen LogP contribution >= 0.6 is 0 Å². The third kappa shape index (κ3) is 1.67. The Balaban J connectivity index is 2.19. The van der Waals surface area contributed by atoms with E-state index >= 15 is 0 Å².